The normalized spacial score (nSPS) is 19.8. The summed E-state index contributed by atoms with van der Waals surface area (Å²) in [6.45, 7) is 0.411. The standard InChI is InChI=1S/C18H20N4O4/c23-15-11-22(18(26)14-5-1-3-8-19-14)10-7-13(15)20-16(24)12-21-9-4-2-6-17(21)25/h1-6,8-9,13,15,23H,7,10-12H2,(H,20,24)/t13-,15-/m1/s1. The zero-order valence-corrected chi connectivity index (χ0v) is 14.1. The molecule has 8 nitrogen and oxygen atoms in total. The Bertz CT molecular complexity index is 836. The van der Waals surface area contributed by atoms with Gasteiger partial charge in [0.25, 0.3) is 11.5 Å². The van der Waals surface area contributed by atoms with Gasteiger partial charge in [0.15, 0.2) is 0 Å². The maximum atomic E-state index is 12.4. The second-order valence-electron chi connectivity index (χ2n) is 6.16. The van der Waals surface area contributed by atoms with E-state index in [2.05, 4.69) is 10.3 Å². The lowest BCUT2D eigenvalue weighted by atomic mass is 10.0. The van der Waals surface area contributed by atoms with Crippen molar-refractivity contribution in [2.75, 3.05) is 13.1 Å². The lowest BCUT2D eigenvalue weighted by Gasteiger charge is -2.36. The lowest BCUT2D eigenvalue weighted by Crippen LogP contribution is -2.56. The first-order valence-corrected chi connectivity index (χ1v) is 8.38. The first-order chi connectivity index (χ1) is 12.5. The molecule has 0 unspecified atom stereocenters. The van der Waals surface area contributed by atoms with Crippen molar-refractivity contribution < 1.29 is 14.7 Å². The van der Waals surface area contributed by atoms with E-state index in [1.54, 1.807) is 36.5 Å². The molecule has 1 aliphatic rings. The molecule has 2 aromatic heterocycles. The molecule has 1 saturated heterocycles. The van der Waals surface area contributed by atoms with Gasteiger partial charge in [-0.05, 0) is 24.6 Å². The van der Waals surface area contributed by atoms with Crippen molar-refractivity contribution in [2.45, 2.75) is 25.1 Å². The molecule has 0 aliphatic carbocycles. The van der Waals surface area contributed by atoms with Crippen LogP contribution in [0.25, 0.3) is 0 Å². The molecule has 8 heteroatoms. The molecule has 26 heavy (non-hydrogen) atoms. The lowest BCUT2D eigenvalue weighted by molar-refractivity contribution is -0.123. The van der Waals surface area contributed by atoms with Crippen LogP contribution in [0.1, 0.15) is 16.9 Å². The SMILES string of the molecule is O=C(Cn1ccccc1=O)N[C@@H]1CCN(C(=O)c2ccccn2)C[C@H]1O. The Balaban J connectivity index is 1.56. The molecule has 0 bridgehead atoms. The zero-order chi connectivity index (χ0) is 18.5. The fourth-order valence-electron chi connectivity index (χ4n) is 2.93. The number of β-amino-alcohol motifs (C(OH)–C–C–N with tert-alkyl or cyclic N) is 1. The molecule has 3 heterocycles. The van der Waals surface area contributed by atoms with Gasteiger partial charge in [-0.15, -0.1) is 0 Å². The Kier molecular flexibility index (Phi) is 5.43. The van der Waals surface area contributed by atoms with E-state index in [1.165, 1.54) is 21.7 Å². The van der Waals surface area contributed by atoms with Crippen LogP contribution in [-0.2, 0) is 11.3 Å². The van der Waals surface area contributed by atoms with Gasteiger partial charge < -0.3 is 19.9 Å². The van der Waals surface area contributed by atoms with Crippen LogP contribution in [0.4, 0.5) is 0 Å². The third-order valence-corrected chi connectivity index (χ3v) is 4.31. The van der Waals surface area contributed by atoms with Crippen LogP contribution >= 0.6 is 0 Å². The number of aromatic nitrogens is 2. The van der Waals surface area contributed by atoms with Crippen LogP contribution in [0.5, 0.6) is 0 Å². The van der Waals surface area contributed by atoms with E-state index >= 15 is 0 Å². The molecule has 0 saturated carbocycles. The first-order valence-electron chi connectivity index (χ1n) is 8.38. The fraction of sp³-hybridized carbons (Fsp3) is 0.333. The van der Waals surface area contributed by atoms with Gasteiger partial charge in [-0.1, -0.05) is 12.1 Å². The topological polar surface area (TPSA) is 105 Å². The minimum Gasteiger partial charge on any atom is -0.389 e. The minimum atomic E-state index is -0.882. The number of nitrogens with one attached hydrogen (secondary N) is 1. The summed E-state index contributed by atoms with van der Waals surface area (Å²) in [6, 6.07) is 9.28. The molecule has 2 amide bonds. The van der Waals surface area contributed by atoms with Gasteiger partial charge >= 0.3 is 0 Å². The van der Waals surface area contributed by atoms with Crippen LogP contribution in [0.15, 0.2) is 53.6 Å². The number of hydrogen-bond acceptors (Lipinski definition) is 5. The van der Waals surface area contributed by atoms with Crippen molar-refractivity contribution >= 4 is 11.8 Å². The number of carbonyl (C=O) groups excluding carboxylic acids is 2. The van der Waals surface area contributed by atoms with Gasteiger partial charge in [-0.2, -0.15) is 0 Å². The predicted octanol–water partition coefficient (Wildman–Crippen LogP) is -0.365. The highest BCUT2D eigenvalue weighted by Crippen LogP contribution is 2.14. The van der Waals surface area contributed by atoms with E-state index in [0.29, 0.717) is 18.7 Å². The number of amides is 2. The Hall–Kier alpha value is -3.00. The summed E-state index contributed by atoms with van der Waals surface area (Å²) >= 11 is 0. The van der Waals surface area contributed by atoms with Crippen molar-refractivity contribution in [3.05, 3.63) is 64.8 Å². The summed E-state index contributed by atoms with van der Waals surface area (Å²) in [6.07, 6.45) is 2.62. The average Bonchev–Trinajstić information content (AvgIpc) is 2.65. The number of piperidine rings is 1. The molecule has 1 fully saturated rings. The number of likely N-dealkylation sites (tertiary alicyclic amines) is 1. The summed E-state index contributed by atoms with van der Waals surface area (Å²) in [4.78, 5) is 41.7. The van der Waals surface area contributed by atoms with Crippen LogP contribution in [0, 0.1) is 0 Å². The molecule has 2 aromatic rings. The van der Waals surface area contributed by atoms with Crippen LogP contribution in [0.2, 0.25) is 0 Å². The Morgan fingerprint density at radius 2 is 2.04 bits per heavy atom. The number of rotatable bonds is 4. The summed E-state index contributed by atoms with van der Waals surface area (Å²) in [5, 5.41) is 13.0. The summed E-state index contributed by atoms with van der Waals surface area (Å²) in [5.41, 5.74) is 0.0598. The molecule has 0 aromatic carbocycles. The molecule has 0 spiro atoms. The van der Waals surface area contributed by atoms with E-state index in [4.69, 9.17) is 0 Å². The van der Waals surface area contributed by atoms with Crippen LogP contribution in [-0.4, -0.2) is 56.6 Å². The van der Waals surface area contributed by atoms with Gasteiger partial charge in [0, 0.05) is 31.5 Å². The molecule has 2 N–H and O–H groups in total. The van der Waals surface area contributed by atoms with E-state index in [-0.39, 0.29) is 30.5 Å². The van der Waals surface area contributed by atoms with Gasteiger partial charge in [0.1, 0.15) is 12.2 Å². The third-order valence-electron chi connectivity index (χ3n) is 4.31. The van der Waals surface area contributed by atoms with E-state index in [9.17, 15) is 19.5 Å². The maximum absolute atomic E-state index is 12.4. The van der Waals surface area contributed by atoms with Crippen molar-refractivity contribution in [1.29, 1.82) is 0 Å². The molecular weight excluding hydrogens is 336 g/mol. The average molecular weight is 356 g/mol. The molecule has 2 atom stereocenters. The maximum Gasteiger partial charge on any atom is 0.272 e. The number of aliphatic hydroxyl groups is 1. The van der Waals surface area contributed by atoms with Crippen molar-refractivity contribution in [1.82, 2.24) is 19.8 Å². The monoisotopic (exact) mass is 356 g/mol. The first kappa shape index (κ1) is 17.8. The number of hydrogen-bond donors (Lipinski definition) is 2. The third kappa shape index (κ3) is 4.15. The Morgan fingerprint density at radius 1 is 1.23 bits per heavy atom. The molecular formula is C18H20N4O4. The molecule has 1 aliphatic heterocycles. The largest absolute Gasteiger partial charge is 0.389 e. The quantitative estimate of drug-likeness (QED) is 0.778. The number of aliphatic hydroxyl groups excluding tert-OH is 1. The summed E-state index contributed by atoms with van der Waals surface area (Å²) < 4.78 is 1.29. The van der Waals surface area contributed by atoms with E-state index < -0.39 is 12.1 Å². The van der Waals surface area contributed by atoms with Gasteiger partial charge in [0.05, 0.1) is 12.1 Å². The highest BCUT2D eigenvalue weighted by Gasteiger charge is 2.31. The summed E-state index contributed by atoms with van der Waals surface area (Å²) in [7, 11) is 0. The second-order valence-corrected chi connectivity index (χ2v) is 6.16. The second kappa shape index (κ2) is 7.92. The minimum absolute atomic E-state index is 0.112. The van der Waals surface area contributed by atoms with Crippen molar-refractivity contribution in [2.24, 2.45) is 0 Å². The van der Waals surface area contributed by atoms with Gasteiger partial charge in [-0.25, -0.2) is 0 Å². The Labute approximate surface area is 150 Å². The molecule has 136 valence electrons. The molecule has 0 radical (unpaired) electrons. The number of nitrogens with zero attached hydrogens (tertiary/aromatic N) is 3. The molecule has 3 rings (SSSR count). The van der Waals surface area contributed by atoms with Gasteiger partial charge in [-0.3, -0.25) is 19.4 Å². The fourth-order valence-corrected chi connectivity index (χ4v) is 2.93. The highest BCUT2D eigenvalue weighted by molar-refractivity contribution is 5.92. The van der Waals surface area contributed by atoms with E-state index in [0.717, 1.165) is 0 Å². The Morgan fingerprint density at radius 3 is 2.73 bits per heavy atom. The number of pyridine rings is 2. The van der Waals surface area contributed by atoms with Crippen LogP contribution in [0.3, 0.4) is 0 Å². The summed E-state index contributed by atoms with van der Waals surface area (Å²) in [5.74, 6) is -0.600. The van der Waals surface area contributed by atoms with Crippen LogP contribution < -0.4 is 10.9 Å². The highest BCUT2D eigenvalue weighted by atomic mass is 16.3. The van der Waals surface area contributed by atoms with Crippen molar-refractivity contribution in [3.8, 4) is 0 Å². The van der Waals surface area contributed by atoms with Gasteiger partial charge in [0.2, 0.25) is 5.91 Å². The smallest absolute Gasteiger partial charge is 0.272 e. The predicted molar refractivity (Wildman–Crippen MR) is 93.4 cm³/mol. The number of carbonyl (C=O) groups is 2. The van der Waals surface area contributed by atoms with E-state index in [1.807, 2.05) is 0 Å². The zero-order valence-electron chi connectivity index (χ0n) is 14.1. The van der Waals surface area contributed by atoms with Crippen molar-refractivity contribution in [3.63, 3.8) is 0 Å².